The second-order valence-electron chi connectivity index (χ2n) is 2.95. The molecule has 0 unspecified atom stereocenters. The number of hydrogen-bond donors (Lipinski definition) is 2. The van der Waals surface area contributed by atoms with Gasteiger partial charge in [0, 0.05) is 6.07 Å². The van der Waals surface area contributed by atoms with Gasteiger partial charge in [-0.25, -0.2) is 4.63 Å². The van der Waals surface area contributed by atoms with Crippen LogP contribution < -0.4 is 11.3 Å². The van der Waals surface area contributed by atoms with E-state index in [0.717, 1.165) is 0 Å². The van der Waals surface area contributed by atoms with Crippen LogP contribution in [0.4, 0.5) is 11.4 Å². The highest BCUT2D eigenvalue weighted by atomic mass is 16.6. The lowest BCUT2D eigenvalue weighted by molar-refractivity contribution is -0.383. The zero-order chi connectivity index (χ0) is 11.0. The third-order valence-corrected chi connectivity index (χ3v) is 2.06. The second kappa shape index (κ2) is 3.17. The van der Waals surface area contributed by atoms with Gasteiger partial charge < -0.3 is 5.43 Å². The van der Waals surface area contributed by atoms with Gasteiger partial charge in [0.1, 0.15) is 0 Å². The second-order valence-corrected chi connectivity index (χ2v) is 2.95. The number of nitrogens with one attached hydrogen (secondary N) is 1. The SMILES string of the molecule is Cc1cc([N+](=O)[O-])c2nonc2c1NN. The van der Waals surface area contributed by atoms with Crippen LogP contribution in [0.1, 0.15) is 5.56 Å². The fraction of sp³-hybridized carbons (Fsp3) is 0.143. The first kappa shape index (κ1) is 9.34. The highest BCUT2D eigenvalue weighted by Gasteiger charge is 2.21. The van der Waals surface area contributed by atoms with E-state index >= 15 is 0 Å². The molecule has 8 heteroatoms. The Morgan fingerprint density at radius 3 is 2.80 bits per heavy atom. The van der Waals surface area contributed by atoms with Crippen LogP contribution in [0.2, 0.25) is 0 Å². The first-order valence-electron chi connectivity index (χ1n) is 4.02. The molecule has 0 atom stereocenters. The summed E-state index contributed by atoms with van der Waals surface area (Å²) in [6, 6.07) is 1.36. The fourth-order valence-electron chi connectivity index (χ4n) is 1.37. The Balaban J connectivity index is 2.86. The lowest BCUT2D eigenvalue weighted by atomic mass is 10.1. The van der Waals surface area contributed by atoms with Gasteiger partial charge in [-0.1, -0.05) is 0 Å². The van der Waals surface area contributed by atoms with E-state index < -0.39 is 4.92 Å². The molecule has 3 N–H and O–H groups in total. The van der Waals surface area contributed by atoms with Crippen LogP contribution in [-0.2, 0) is 0 Å². The van der Waals surface area contributed by atoms with Gasteiger partial charge in [0.15, 0.2) is 5.52 Å². The minimum absolute atomic E-state index is 0.0820. The Morgan fingerprint density at radius 1 is 1.53 bits per heavy atom. The number of nitrogen functional groups attached to an aromatic ring is 1. The predicted molar refractivity (Wildman–Crippen MR) is 51.0 cm³/mol. The zero-order valence-electron chi connectivity index (χ0n) is 7.72. The van der Waals surface area contributed by atoms with Gasteiger partial charge >= 0.3 is 5.69 Å². The maximum Gasteiger partial charge on any atom is 0.301 e. The fourth-order valence-corrected chi connectivity index (χ4v) is 1.37. The molecule has 0 amide bonds. The maximum absolute atomic E-state index is 10.7. The van der Waals surface area contributed by atoms with Crippen molar-refractivity contribution in [3.63, 3.8) is 0 Å². The Labute approximate surface area is 83.1 Å². The number of rotatable bonds is 2. The number of hydrogen-bond acceptors (Lipinski definition) is 7. The molecular formula is C7H7N5O3. The molecular weight excluding hydrogens is 202 g/mol. The molecule has 1 heterocycles. The maximum atomic E-state index is 10.7. The number of nitro benzene ring substituents is 1. The number of aryl methyl sites for hydroxylation is 1. The molecule has 15 heavy (non-hydrogen) atoms. The lowest BCUT2D eigenvalue weighted by Gasteiger charge is -2.03. The van der Waals surface area contributed by atoms with Gasteiger partial charge in [0.25, 0.3) is 0 Å². The number of fused-ring (bicyclic) bond motifs is 1. The summed E-state index contributed by atoms with van der Waals surface area (Å²) in [5.74, 6) is 5.27. The van der Waals surface area contributed by atoms with Crippen molar-refractivity contribution in [2.75, 3.05) is 5.43 Å². The van der Waals surface area contributed by atoms with Gasteiger partial charge in [0.2, 0.25) is 5.52 Å². The van der Waals surface area contributed by atoms with Crippen LogP contribution >= 0.6 is 0 Å². The summed E-state index contributed by atoms with van der Waals surface area (Å²) in [6.45, 7) is 1.68. The zero-order valence-corrected chi connectivity index (χ0v) is 7.72. The summed E-state index contributed by atoms with van der Waals surface area (Å²) >= 11 is 0. The Kier molecular flexibility index (Phi) is 1.97. The van der Waals surface area contributed by atoms with E-state index in [1.165, 1.54) is 6.07 Å². The third kappa shape index (κ3) is 1.27. The van der Waals surface area contributed by atoms with Gasteiger partial charge in [-0.05, 0) is 22.8 Å². The van der Waals surface area contributed by atoms with Crippen molar-refractivity contribution in [1.82, 2.24) is 10.3 Å². The highest BCUT2D eigenvalue weighted by molar-refractivity contribution is 5.95. The standard InChI is InChI=1S/C7H7N5O3/c1-3-2-4(12(13)14)6-7(5(3)9-8)11-15-10-6/h2,9H,8H2,1H3. The van der Waals surface area contributed by atoms with Crippen molar-refractivity contribution in [3.8, 4) is 0 Å². The molecule has 0 saturated carbocycles. The molecule has 0 aliphatic carbocycles. The number of nitrogens with two attached hydrogens (primary N) is 1. The molecule has 78 valence electrons. The van der Waals surface area contributed by atoms with Crippen molar-refractivity contribution in [2.24, 2.45) is 5.84 Å². The molecule has 0 bridgehead atoms. The van der Waals surface area contributed by atoms with Gasteiger partial charge in [-0.3, -0.25) is 16.0 Å². The van der Waals surface area contributed by atoms with Crippen LogP contribution in [-0.4, -0.2) is 15.2 Å². The van der Waals surface area contributed by atoms with E-state index in [1.54, 1.807) is 6.92 Å². The van der Waals surface area contributed by atoms with E-state index in [0.29, 0.717) is 11.3 Å². The van der Waals surface area contributed by atoms with Crippen LogP contribution in [0.3, 0.4) is 0 Å². The van der Waals surface area contributed by atoms with Gasteiger partial charge in [-0.15, -0.1) is 0 Å². The highest BCUT2D eigenvalue weighted by Crippen LogP contribution is 2.31. The largest absolute Gasteiger partial charge is 0.322 e. The molecule has 1 aromatic heterocycles. The molecule has 8 nitrogen and oxygen atoms in total. The number of hydrazine groups is 1. The van der Waals surface area contributed by atoms with Crippen molar-refractivity contribution in [2.45, 2.75) is 6.92 Å². The molecule has 0 fully saturated rings. The number of non-ortho nitro benzene ring substituents is 1. The number of aromatic nitrogens is 2. The normalized spacial score (nSPS) is 10.5. The molecule has 0 spiro atoms. The van der Waals surface area contributed by atoms with Crippen LogP contribution in [0, 0.1) is 17.0 Å². The van der Waals surface area contributed by atoms with Crippen molar-refractivity contribution < 1.29 is 9.55 Å². The number of nitrogens with zero attached hydrogens (tertiary/aromatic N) is 3. The molecule has 0 radical (unpaired) electrons. The number of benzene rings is 1. The van der Waals surface area contributed by atoms with E-state index in [-0.39, 0.29) is 16.7 Å². The summed E-state index contributed by atoms with van der Waals surface area (Å²) in [6.07, 6.45) is 0. The van der Waals surface area contributed by atoms with E-state index in [9.17, 15) is 10.1 Å². The molecule has 0 aliphatic heterocycles. The van der Waals surface area contributed by atoms with Gasteiger partial charge in [0.05, 0.1) is 10.6 Å². The molecule has 1 aromatic carbocycles. The van der Waals surface area contributed by atoms with Crippen LogP contribution in [0.5, 0.6) is 0 Å². The Bertz CT molecular complexity index is 535. The first-order chi connectivity index (χ1) is 7.15. The molecule has 2 aromatic rings. The van der Waals surface area contributed by atoms with Crippen LogP contribution in [0.15, 0.2) is 10.7 Å². The Hall–Kier alpha value is -2.22. The summed E-state index contributed by atoms with van der Waals surface area (Å²) in [5, 5.41) is 17.7. The molecule has 0 aliphatic rings. The minimum Gasteiger partial charge on any atom is -0.322 e. The van der Waals surface area contributed by atoms with Gasteiger partial charge in [-0.2, -0.15) is 0 Å². The molecule has 2 rings (SSSR count). The van der Waals surface area contributed by atoms with Crippen molar-refractivity contribution in [3.05, 3.63) is 21.7 Å². The Morgan fingerprint density at radius 2 is 2.20 bits per heavy atom. The number of anilines is 1. The summed E-state index contributed by atoms with van der Waals surface area (Å²) in [7, 11) is 0. The first-order valence-corrected chi connectivity index (χ1v) is 4.02. The third-order valence-electron chi connectivity index (χ3n) is 2.06. The monoisotopic (exact) mass is 209 g/mol. The topological polar surface area (TPSA) is 120 Å². The summed E-state index contributed by atoms with van der Waals surface area (Å²) in [4.78, 5) is 10.2. The van der Waals surface area contributed by atoms with E-state index in [1.807, 2.05) is 0 Å². The minimum atomic E-state index is -0.542. The quantitative estimate of drug-likeness (QED) is 0.424. The van der Waals surface area contributed by atoms with Crippen molar-refractivity contribution >= 4 is 22.4 Å². The average Bonchev–Trinajstić information content (AvgIpc) is 2.64. The molecule has 0 saturated heterocycles. The summed E-state index contributed by atoms with van der Waals surface area (Å²) in [5.41, 5.74) is 3.66. The van der Waals surface area contributed by atoms with Crippen molar-refractivity contribution in [1.29, 1.82) is 0 Å². The van der Waals surface area contributed by atoms with E-state index in [4.69, 9.17) is 5.84 Å². The smallest absolute Gasteiger partial charge is 0.301 e. The average molecular weight is 209 g/mol. The van der Waals surface area contributed by atoms with E-state index in [2.05, 4.69) is 20.4 Å². The predicted octanol–water partition coefficient (Wildman–Crippen LogP) is 0.725. The lowest BCUT2D eigenvalue weighted by Crippen LogP contribution is -2.09. The summed E-state index contributed by atoms with van der Waals surface area (Å²) < 4.78 is 4.45. The number of nitro groups is 1. The van der Waals surface area contributed by atoms with Crippen LogP contribution in [0.25, 0.3) is 11.0 Å².